The van der Waals surface area contributed by atoms with Crippen molar-refractivity contribution in [3.05, 3.63) is 59.7 Å². The third kappa shape index (κ3) is 4.02. The Labute approximate surface area is 118 Å². The van der Waals surface area contributed by atoms with Gasteiger partial charge >= 0.3 is 5.97 Å². The lowest BCUT2D eigenvalue weighted by molar-refractivity contribution is 0.0697. The lowest BCUT2D eigenvalue weighted by Crippen LogP contribution is -2.11. The zero-order valence-electron chi connectivity index (χ0n) is 11.3. The summed E-state index contributed by atoms with van der Waals surface area (Å²) in [5.41, 5.74) is 2.54. The van der Waals surface area contributed by atoms with E-state index in [9.17, 15) is 4.79 Å². The number of rotatable bonds is 6. The average Bonchev–Trinajstić information content (AvgIpc) is 2.46. The van der Waals surface area contributed by atoms with Gasteiger partial charge in [0.2, 0.25) is 0 Å². The molecule has 0 amide bonds. The first-order valence-corrected chi connectivity index (χ1v) is 6.42. The van der Waals surface area contributed by atoms with Gasteiger partial charge < -0.3 is 15.2 Å². The summed E-state index contributed by atoms with van der Waals surface area (Å²) in [6.07, 6.45) is 0. The van der Waals surface area contributed by atoms with E-state index in [0.29, 0.717) is 18.9 Å². The van der Waals surface area contributed by atoms with Gasteiger partial charge in [-0.2, -0.15) is 0 Å². The molecule has 0 aliphatic carbocycles. The largest absolute Gasteiger partial charge is 0.492 e. The molecule has 0 aliphatic heterocycles. The molecule has 2 aromatic rings. The van der Waals surface area contributed by atoms with Crippen LogP contribution in [-0.4, -0.2) is 24.2 Å². The highest BCUT2D eigenvalue weighted by molar-refractivity contribution is 5.87. The zero-order valence-corrected chi connectivity index (χ0v) is 11.3. The van der Waals surface area contributed by atoms with E-state index in [-0.39, 0.29) is 5.56 Å². The summed E-state index contributed by atoms with van der Waals surface area (Å²) in [7, 11) is 0. The first-order chi connectivity index (χ1) is 9.65. The highest BCUT2D eigenvalue weighted by Gasteiger charge is 2.01. The Morgan fingerprint density at radius 2 is 1.75 bits per heavy atom. The number of aromatic carboxylic acids is 1. The van der Waals surface area contributed by atoms with Crippen LogP contribution in [0.25, 0.3) is 0 Å². The van der Waals surface area contributed by atoms with E-state index >= 15 is 0 Å². The molecule has 2 rings (SSSR count). The summed E-state index contributed by atoms with van der Waals surface area (Å²) >= 11 is 0. The molecule has 0 atom stereocenters. The molecule has 104 valence electrons. The lowest BCUT2D eigenvalue weighted by Gasteiger charge is -2.09. The fourth-order valence-corrected chi connectivity index (χ4v) is 1.73. The van der Waals surface area contributed by atoms with Gasteiger partial charge in [0, 0.05) is 12.2 Å². The minimum absolute atomic E-state index is 0.259. The number of hydrogen-bond acceptors (Lipinski definition) is 3. The second-order valence-corrected chi connectivity index (χ2v) is 4.47. The van der Waals surface area contributed by atoms with Crippen molar-refractivity contribution in [2.24, 2.45) is 0 Å². The molecule has 0 aliphatic rings. The van der Waals surface area contributed by atoms with Crippen LogP contribution < -0.4 is 10.1 Å². The van der Waals surface area contributed by atoms with E-state index in [1.54, 1.807) is 12.1 Å². The number of aryl methyl sites for hydroxylation is 1. The Kier molecular flexibility index (Phi) is 4.60. The van der Waals surface area contributed by atoms with Crippen LogP contribution in [0.5, 0.6) is 5.75 Å². The molecule has 0 saturated carbocycles. The number of ether oxygens (including phenoxy) is 1. The van der Waals surface area contributed by atoms with Crippen molar-refractivity contribution in [3.63, 3.8) is 0 Å². The first kappa shape index (κ1) is 13.9. The van der Waals surface area contributed by atoms with Crippen LogP contribution in [0.2, 0.25) is 0 Å². The summed E-state index contributed by atoms with van der Waals surface area (Å²) in [6.45, 7) is 3.25. The molecule has 2 N–H and O–H groups in total. The molecular formula is C16H17NO3. The van der Waals surface area contributed by atoms with E-state index in [1.807, 2.05) is 31.2 Å². The minimum atomic E-state index is -0.933. The molecule has 2 aromatic carbocycles. The highest BCUT2D eigenvalue weighted by Crippen LogP contribution is 2.12. The van der Waals surface area contributed by atoms with Gasteiger partial charge in [0.25, 0.3) is 0 Å². The number of benzene rings is 2. The molecule has 0 saturated heterocycles. The first-order valence-electron chi connectivity index (χ1n) is 6.42. The smallest absolute Gasteiger partial charge is 0.335 e. The predicted octanol–water partition coefficient (Wildman–Crippen LogP) is 3.18. The monoisotopic (exact) mass is 271 g/mol. The second kappa shape index (κ2) is 6.61. The molecule has 0 radical (unpaired) electrons. The Bertz CT molecular complexity index is 561. The summed E-state index contributed by atoms with van der Waals surface area (Å²) in [4.78, 5) is 10.7. The van der Waals surface area contributed by atoms with E-state index in [2.05, 4.69) is 5.32 Å². The van der Waals surface area contributed by atoms with Gasteiger partial charge in [-0.1, -0.05) is 17.7 Å². The van der Waals surface area contributed by atoms with Crippen LogP contribution in [-0.2, 0) is 0 Å². The van der Waals surface area contributed by atoms with Gasteiger partial charge in [-0.25, -0.2) is 4.79 Å². The minimum Gasteiger partial charge on any atom is -0.492 e. The van der Waals surface area contributed by atoms with E-state index < -0.39 is 5.97 Å². The van der Waals surface area contributed by atoms with Gasteiger partial charge in [-0.15, -0.1) is 0 Å². The van der Waals surface area contributed by atoms with Crippen molar-refractivity contribution < 1.29 is 14.6 Å². The third-order valence-electron chi connectivity index (χ3n) is 2.85. The lowest BCUT2D eigenvalue weighted by atomic mass is 10.2. The maximum Gasteiger partial charge on any atom is 0.335 e. The van der Waals surface area contributed by atoms with Gasteiger partial charge in [0.1, 0.15) is 12.4 Å². The SMILES string of the molecule is Cc1ccc(NCCOc2ccc(C(=O)O)cc2)cc1. The van der Waals surface area contributed by atoms with E-state index in [0.717, 1.165) is 5.69 Å². The molecule has 0 unspecified atom stereocenters. The van der Waals surface area contributed by atoms with Gasteiger partial charge in [0.05, 0.1) is 5.56 Å². The van der Waals surface area contributed by atoms with Gasteiger partial charge in [-0.05, 0) is 43.3 Å². The average molecular weight is 271 g/mol. The van der Waals surface area contributed by atoms with Crippen molar-refractivity contribution in [1.29, 1.82) is 0 Å². The molecule has 20 heavy (non-hydrogen) atoms. The Balaban J connectivity index is 1.75. The van der Waals surface area contributed by atoms with Crippen LogP contribution in [0, 0.1) is 6.92 Å². The molecule has 0 fully saturated rings. The van der Waals surface area contributed by atoms with Crippen molar-refractivity contribution in [3.8, 4) is 5.75 Å². The topological polar surface area (TPSA) is 58.6 Å². The van der Waals surface area contributed by atoms with E-state index in [1.165, 1.54) is 17.7 Å². The predicted molar refractivity (Wildman–Crippen MR) is 78.6 cm³/mol. The fraction of sp³-hybridized carbons (Fsp3) is 0.188. The fourth-order valence-electron chi connectivity index (χ4n) is 1.73. The summed E-state index contributed by atoms with van der Waals surface area (Å²) in [6, 6.07) is 14.5. The third-order valence-corrected chi connectivity index (χ3v) is 2.85. The molecule has 4 nitrogen and oxygen atoms in total. The summed E-state index contributed by atoms with van der Waals surface area (Å²) in [5, 5.41) is 12.0. The summed E-state index contributed by atoms with van der Waals surface area (Å²) in [5.74, 6) is -0.265. The van der Waals surface area contributed by atoms with Gasteiger partial charge in [0.15, 0.2) is 0 Å². The van der Waals surface area contributed by atoms with Gasteiger partial charge in [-0.3, -0.25) is 0 Å². The Morgan fingerprint density at radius 1 is 1.10 bits per heavy atom. The van der Waals surface area contributed by atoms with Crippen LogP contribution in [0.15, 0.2) is 48.5 Å². The molecule has 0 spiro atoms. The summed E-state index contributed by atoms with van der Waals surface area (Å²) < 4.78 is 5.53. The number of carboxylic acids is 1. The van der Waals surface area contributed by atoms with Crippen LogP contribution in [0.1, 0.15) is 15.9 Å². The standard InChI is InChI=1S/C16H17NO3/c1-12-2-6-14(7-3-12)17-10-11-20-15-8-4-13(5-9-15)16(18)19/h2-9,17H,10-11H2,1H3,(H,18,19). The Morgan fingerprint density at radius 3 is 2.35 bits per heavy atom. The Hall–Kier alpha value is -2.49. The van der Waals surface area contributed by atoms with Crippen molar-refractivity contribution in [1.82, 2.24) is 0 Å². The van der Waals surface area contributed by atoms with Crippen molar-refractivity contribution in [2.45, 2.75) is 6.92 Å². The molecule has 0 heterocycles. The molecule has 0 aromatic heterocycles. The normalized spacial score (nSPS) is 10.1. The second-order valence-electron chi connectivity index (χ2n) is 4.47. The van der Waals surface area contributed by atoms with Crippen LogP contribution in [0.3, 0.4) is 0 Å². The molecular weight excluding hydrogens is 254 g/mol. The quantitative estimate of drug-likeness (QED) is 0.792. The molecule has 0 bridgehead atoms. The highest BCUT2D eigenvalue weighted by atomic mass is 16.5. The van der Waals surface area contributed by atoms with Crippen LogP contribution >= 0.6 is 0 Å². The van der Waals surface area contributed by atoms with Crippen molar-refractivity contribution >= 4 is 11.7 Å². The number of hydrogen-bond donors (Lipinski definition) is 2. The maximum absolute atomic E-state index is 10.7. The number of nitrogens with one attached hydrogen (secondary N) is 1. The molecule has 4 heteroatoms. The number of carboxylic acid groups (broad SMARTS) is 1. The number of anilines is 1. The van der Waals surface area contributed by atoms with Crippen LogP contribution in [0.4, 0.5) is 5.69 Å². The van der Waals surface area contributed by atoms with Crippen molar-refractivity contribution in [2.75, 3.05) is 18.5 Å². The zero-order chi connectivity index (χ0) is 14.4. The number of carbonyl (C=O) groups is 1. The van der Waals surface area contributed by atoms with E-state index in [4.69, 9.17) is 9.84 Å². The maximum atomic E-state index is 10.7.